The first-order chi connectivity index (χ1) is 8.89. The number of carbonyl (C=O) groups excluding carboxylic acids is 2. The SMILES string of the molecule is CCCCC[C@@H]1CC[C@@H](C=O)N1C(=O)OC(C)(C)C. The minimum Gasteiger partial charge on any atom is -0.444 e. The lowest BCUT2D eigenvalue weighted by Crippen LogP contribution is -2.44. The Morgan fingerprint density at radius 3 is 2.53 bits per heavy atom. The fraction of sp³-hybridized carbons (Fsp3) is 0.867. The second-order valence-electron chi connectivity index (χ2n) is 6.32. The molecule has 1 rings (SSSR count). The lowest BCUT2D eigenvalue weighted by Gasteiger charge is -2.30. The largest absolute Gasteiger partial charge is 0.444 e. The summed E-state index contributed by atoms with van der Waals surface area (Å²) in [5, 5.41) is 0. The molecule has 0 aliphatic carbocycles. The van der Waals surface area contributed by atoms with Gasteiger partial charge in [-0.25, -0.2) is 4.79 Å². The molecule has 0 aromatic carbocycles. The molecule has 1 saturated heterocycles. The molecule has 0 spiro atoms. The van der Waals surface area contributed by atoms with Crippen LogP contribution in [0.15, 0.2) is 0 Å². The van der Waals surface area contributed by atoms with E-state index in [1.807, 2.05) is 20.8 Å². The van der Waals surface area contributed by atoms with Crippen LogP contribution in [0.25, 0.3) is 0 Å². The topological polar surface area (TPSA) is 46.6 Å². The highest BCUT2D eigenvalue weighted by molar-refractivity contribution is 5.75. The third-order valence-corrected chi connectivity index (χ3v) is 3.45. The molecule has 2 atom stereocenters. The molecule has 110 valence electrons. The van der Waals surface area contributed by atoms with Gasteiger partial charge in [0, 0.05) is 6.04 Å². The Balaban J connectivity index is 2.66. The summed E-state index contributed by atoms with van der Waals surface area (Å²) in [6.07, 6.45) is 6.61. The van der Waals surface area contributed by atoms with Gasteiger partial charge in [0.15, 0.2) is 0 Å². The average molecular weight is 269 g/mol. The molecule has 1 aliphatic rings. The van der Waals surface area contributed by atoms with Gasteiger partial charge in [-0.2, -0.15) is 0 Å². The molecule has 0 radical (unpaired) electrons. The maximum atomic E-state index is 12.2. The van der Waals surface area contributed by atoms with E-state index in [0.29, 0.717) is 0 Å². The summed E-state index contributed by atoms with van der Waals surface area (Å²) in [7, 11) is 0. The molecule has 1 fully saturated rings. The minimum absolute atomic E-state index is 0.164. The number of hydrogen-bond donors (Lipinski definition) is 0. The summed E-state index contributed by atoms with van der Waals surface area (Å²) >= 11 is 0. The van der Waals surface area contributed by atoms with Gasteiger partial charge in [-0.15, -0.1) is 0 Å². The molecule has 4 heteroatoms. The van der Waals surface area contributed by atoms with Gasteiger partial charge in [-0.05, 0) is 40.0 Å². The van der Waals surface area contributed by atoms with Gasteiger partial charge >= 0.3 is 6.09 Å². The molecule has 0 saturated carbocycles. The van der Waals surface area contributed by atoms with E-state index in [1.54, 1.807) is 4.90 Å². The third-order valence-electron chi connectivity index (χ3n) is 3.45. The van der Waals surface area contributed by atoms with Gasteiger partial charge in [0.25, 0.3) is 0 Å². The molecule has 1 heterocycles. The monoisotopic (exact) mass is 269 g/mol. The zero-order valence-corrected chi connectivity index (χ0v) is 12.6. The molecule has 0 aromatic heterocycles. The van der Waals surface area contributed by atoms with E-state index in [0.717, 1.165) is 38.4 Å². The van der Waals surface area contributed by atoms with Gasteiger partial charge in [0.05, 0.1) is 6.04 Å². The smallest absolute Gasteiger partial charge is 0.411 e. The highest BCUT2D eigenvalue weighted by atomic mass is 16.6. The number of ether oxygens (including phenoxy) is 1. The van der Waals surface area contributed by atoms with Crippen LogP contribution in [0, 0.1) is 0 Å². The lowest BCUT2D eigenvalue weighted by molar-refractivity contribution is -0.112. The summed E-state index contributed by atoms with van der Waals surface area (Å²) < 4.78 is 5.42. The lowest BCUT2D eigenvalue weighted by atomic mass is 10.1. The van der Waals surface area contributed by atoms with E-state index in [2.05, 4.69) is 6.92 Å². The first-order valence-corrected chi connectivity index (χ1v) is 7.35. The standard InChI is InChI=1S/C15H27NO3/c1-5-6-7-8-12-9-10-13(11-17)16(12)14(18)19-15(2,3)4/h11-13H,5-10H2,1-4H3/t12-,13+/m1/s1. The Kier molecular flexibility index (Phi) is 5.83. The highest BCUT2D eigenvalue weighted by Crippen LogP contribution is 2.28. The van der Waals surface area contributed by atoms with Crippen molar-refractivity contribution in [1.29, 1.82) is 0 Å². The predicted octanol–water partition coefficient (Wildman–Crippen LogP) is 3.53. The van der Waals surface area contributed by atoms with Gasteiger partial charge in [-0.1, -0.05) is 26.2 Å². The number of aldehydes is 1. The van der Waals surface area contributed by atoms with Crippen LogP contribution in [0.4, 0.5) is 4.79 Å². The van der Waals surface area contributed by atoms with E-state index in [4.69, 9.17) is 4.74 Å². The number of carbonyl (C=O) groups is 2. The number of hydrogen-bond acceptors (Lipinski definition) is 3. The van der Waals surface area contributed by atoms with Gasteiger partial charge in [0.1, 0.15) is 11.9 Å². The Bertz CT molecular complexity index is 309. The Labute approximate surface area is 116 Å². The van der Waals surface area contributed by atoms with Crippen LogP contribution in [0.1, 0.15) is 66.2 Å². The summed E-state index contributed by atoms with van der Waals surface area (Å²) in [6, 6.07) is -0.141. The number of unbranched alkanes of at least 4 members (excludes halogenated alkanes) is 2. The molecular formula is C15H27NO3. The number of nitrogens with zero attached hydrogens (tertiary/aromatic N) is 1. The summed E-state index contributed by atoms with van der Waals surface area (Å²) in [6.45, 7) is 7.71. The predicted molar refractivity (Wildman–Crippen MR) is 75.1 cm³/mol. The number of rotatable bonds is 5. The van der Waals surface area contributed by atoms with Crippen molar-refractivity contribution in [1.82, 2.24) is 4.90 Å². The van der Waals surface area contributed by atoms with Gasteiger partial charge < -0.3 is 9.53 Å². The first kappa shape index (κ1) is 16.0. The summed E-state index contributed by atoms with van der Waals surface area (Å²) in [4.78, 5) is 25.0. The number of likely N-dealkylation sites (tertiary alicyclic amines) is 1. The maximum absolute atomic E-state index is 12.2. The quantitative estimate of drug-likeness (QED) is 0.566. The van der Waals surface area contributed by atoms with Crippen LogP contribution in [-0.2, 0) is 9.53 Å². The van der Waals surface area contributed by atoms with Crippen molar-refractivity contribution in [3.05, 3.63) is 0 Å². The van der Waals surface area contributed by atoms with Gasteiger partial charge in [-0.3, -0.25) is 4.90 Å². The number of amides is 1. The van der Waals surface area contributed by atoms with Crippen LogP contribution in [-0.4, -0.2) is 35.0 Å². The Morgan fingerprint density at radius 2 is 2.00 bits per heavy atom. The fourth-order valence-electron chi connectivity index (χ4n) is 2.56. The van der Waals surface area contributed by atoms with Crippen LogP contribution >= 0.6 is 0 Å². The van der Waals surface area contributed by atoms with Crippen molar-refractivity contribution in [2.75, 3.05) is 0 Å². The van der Waals surface area contributed by atoms with Gasteiger partial charge in [0.2, 0.25) is 0 Å². The average Bonchev–Trinajstić information content (AvgIpc) is 2.70. The van der Waals surface area contributed by atoms with Crippen molar-refractivity contribution in [2.45, 2.75) is 83.9 Å². The van der Waals surface area contributed by atoms with Crippen LogP contribution < -0.4 is 0 Å². The molecule has 0 bridgehead atoms. The molecule has 1 amide bonds. The first-order valence-electron chi connectivity index (χ1n) is 7.35. The third kappa shape index (κ3) is 4.84. The maximum Gasteiger partial charge on any atom is 0.411 e. The highest BCUT2D eigenvalue weighted by Gasteiger charge is 2.38. The Morgan fingerprint density at radius 1 is 1.32 bits per heavy atom. The van der Waals surface area contributed by atoms with Crippen molar-refractivity contribution in [2.24, 2.45) is 0 Å². The Hall–Kier alpha value is -1.06. The molecule has 1 aliphatic heterocycles. The zero-order chi connectivity index (χ0) is 14.5. The second-order valence-corrected chi connectivity index (χ2v) is 6.32. The van der Waals surface area contributed by atoms with Crippen molar-refractivity contribution >= 4 is 12.4 Å². The second kappa shape index (κ2) is 6.92. The minimum atomic E-state index is -0.513. The van der Waals surface area contributed by atoms with Crippen LogP contribution in [0.2, 0.25) is 0 Å². The summed E-state index contributed by atoms with van der Waals surface area (Å²) in [5.41, 5.74) is -0.513. The molecule has 0 unspecified atom stereocenters. The molecule has 19 heavy (non-hydrogen) atoms. The van der Waals surface area contributed by atoms with E-state index >= 15 is 0 Å². The zero-order valence-electron chi connectivity index (χ0n) is 12.6. The van der Waals surface area contributed by atoms with E-state index < -0.39 is 5.60 Å². The molecule has 0 aromatic rings. The van der Waals surface area contributed by atoms with Crippen molar-refractivity contribution in [3.8, 4) is 0 Å². The molecular weight excluding hydrogens is 242 g/mol. The van der Waals surface area contributed by atoms with Crippen molar-refractivity contribution < 1.29 is 14.3 Å². The van der Waals surface area contributed by atoms with E-state index in [1.165, 1.54) is 6.42 Å². The normalized spacial score (nSPS) is 23.5. The van der Waals surface area contributed by atoms with Crippen LogP contribution in [0.3, 0.4) is 0 Å². The van der Waals surface area contributed by atoms with E-state index in [9.17, 15) is 9.59 Å². The van der Waals surface area contributed by atoms with Crippen LogP contribution in [0.5, 0.6) is 0 Å². The van der Waals surface area contributed by atoms with Crippen molar-refractivity contribution in [3.63, 3.8) is 0 Å². The molecule has 4 nitrogen and oxygen atoms in total. The molecule has 0 N–H and O–H groups in total. The van der Waals surface area contributed by atoms with E-state index in [-0.39, 0.29) is 18.2 Å². The fourth-order valence-corrected chi connectivity index (χ4v) is 2.56. The summed E-state index contributed by atoms with van der Waals surface area (Å²) in [5.74, 6) is 0.